The zero-order valence-corrected chi connectivity index (χ0v) is 10.8. The summed E-state index contributed by atoms with van der Waals surface area (Å²) in [5.74, 6) is 0. The molecule has 0 unspecified atom stereocenters. The van der Waals surface area contributed by atoms with Crippen LogP contribution in [-0.2, 0) is 4.74 Å². The van der Waals surface area contributed by atoms with Crippen molar-refractivity contribution in [2.24, 2.45) is 0 Å². The number of ether oxygens (including phenoxy) is 1. The maximum Gasteiger partial charge on any atom is 0.411 e. The third-order valence-corrected chi connectivity index (χ3v) is 2.59. The van der Waals surface area contributed by atoms with E-state index in [0.717, 1.165) is 12.1 Å². The second-order valence-electron chi connectivity index (χ2n) is 3.58. The lowest BCUT2D eigenvalue weighted by molar-refractivity contribution is 0.162. The lowest BCUT2D eigenvalue weighted by Crippen LogP contribution is -2.23. The van der Waals surface area contributed by atoms with Crippen LogP contribution in [0.5, 0.6) is 0 Å². The number of nitrogens with one attached hydrogen (secondary N) is 2. The summed E-state index contributed by atoms with van der Waals surface area (Å²) < 4.78 is 4.96. The number of amides is 1. The Labute approximate surface area is 106 Å². The van der Waals surface area contributed by atoms with Gasteiger partial charge >= 0.3 is 6.09 Å². The van der Waals surface area contributed by atoms with Crippen molar-refractivity contribution in [3.05, 3.63) is 28.8 Å². The van der Waals surface area contributed by atoms with Crippen LogP contribution in [0.15, 0.2) is 18.2 Å². The lowest BCUT2D eigenvalue weighted by atomic mass is 10.2. The van der Waals surface area contributed by atoms with Gasteiger partial charge in [0.2, 0.25) is 0 Å². The van der Waals surface area contributed by atoms with Gasteiger partial charge in [-0.1, -0.05) is 24.6 Å². The highest BCUT2D eigenvalue weighted by molar-refractivity contribution is 6.31. The van der Waals surface area contributed by atoms with E-state index in [1.54, 1.807) is 12.1 Å². The van der Waals surface area contributed by atoms with Crippen LogP contribution in [0.3, 0.4) is 0 Å². The van der Waals surface area contributed by atoms with Crippen LogP contribution in [0.1, 0.15) is 12.5 Å². The smallest absolute Gasteiger partial charge is 0.411 e. The van der Waals surface area contributed by atoms with Gasteiger partial charge < -0.3 is 10.1 Å². The van der Waals surface area contributed by atoms with Crippen LogP contribution < -0.4 is 10.6 Å². The second-order valence-corrected chi connectivity index (χ2v) is 3.99. The highest BCUT2D eigenvalue weighted by atomic mass is 35.5. The quantitative estimate of drug-likeness (QED) is 0.797. The molecule has 0 saturated carbocycles. The minimum Gasteiger partial charge on any atom is -0.448 e. The first-order valence-electron chi connectivity index (χ1n) is 5.54. The maximum absolute atomic E-state index is 11.4. The van der Waals surface area contributed by atoms with Crippen LogP contribution in [0, 0.1) is 6.92 Å². The van der Waals surface area contributed by atoms with Gasteiger partial charge in [0.15, 0.2) is 0 Å². The van der Waals surface area contributed by atoms with Crippen molar-refractivity contribution in [2.45, 2.75) is 13.8 Å². The lowest BCUT2D eigenvalue weighted by Gasteiger charge is -2.08. The largest absolute Gasteiger partial charge is 0.448 e. The average Bonchev–Trinajstić information content (AvgIpc) is 2.30. The Morgan fingerprint density at radius 3 is 2.88 bits per heavy atom. The maximum atomic E-state index is 11.4. The van der Waals surface area contributed by atoms with Crippen molar-refractivity contribution in [3.8, 4) is 0 Å². The third-order valence-electron chi connectivity index (χ3n) is 2.18. The number of rotatable bonds is 5. The molecule has 0 aliphatic carbocycles. The Balaban J connectivity index is 2.37. The minimum absolute atomic E-state index is 0.346. The summed E-state index contributed by atoms with van der Waals surface area (Å²) >= 11 is 5.94. The van der Waals surface area contributed by atoms with E-state index in [4.69, 9.17) is 16.3 Å². The predicted molar refractivity (Wildman–Crippen MR) is 69.7 cm³/mol. The molecule has 0 spiro atoms. The zero-order valence-electron chi connectivity index (χ0n) is 10.0. The number of likely N-dealkylation sites (N-methyl/N-ethyl adjacent to an activating group) is 1. The number of carbonyl (C=O) groups excluding carboxylic acids is 1. The minimum atomic E-state index is -0.470. The molecule has 1 aromatic carbocycles. The Hall–Kier alpha value is -1.26. The first-order chi connectivity index (χ1) is 8.13. The SMILES string of the molecule is CCNCCOC(=O)Nc1ccc(C)c(Cl)c1. The zero-order chi connectivity index (χ0) is 12.7. The predicted octanol–water partition coefficient (Wildman–Crippen LogP) is 2.81. The summed E-state index contributed by atoms with van der Waals surface area (Å²) in [7, 11) is 0. The number of halogens is 1. The summed E-state index contributed by atoms with van der Waals surface area (Å²) in [6, 6.07) is 5.33. The van der Waals surface area contributed by atoms with Gasteiger partial charge in [-0.05, 0) is 31.2 Å². The Morgan fingerprint density at radius 2 is 2.24 bits per heavy atom. The molecular formula is C12H17ClN2O2. The van der Waals surface area contributed by atoms with E-state index < -0.39 is 6.09 Å². The molecule has 0 aromatic heterocycles. The Morgan fingerprint density at radius 1 is 1.47 bits per heavy atom. The van der Waals surface area contributed by atoms with E-state index in [1.165, 1.54) is 0 Å². The number of aryl methyl sites for hydroxylation is 1. The van der Waals surface area contributed by atoms with Crippen molar-refractivity contribution < 1.29 is 9.53 Å². The molecule has 17 heavy (non-hydrogen) atoms. The molecule has 0 fully saturated rings. The molecule has 4 nitrogen and oxygen atoms in total. The van der Waals surface area contributed by atoms with Crippen molar-refractivity contribution in [1.82, 2.24) is 5.32 Å². The summed E-state index contributed by atoms with van der Waals surface area (Å²) in [4.78, 5) is 11.4. The van der Waals surface area contributed by atoms with Gasteiger partial charge in [0, 0.05) is 17.3 Å². The molecule has 0 atom stereocenters. The molecule has 1 aromatic rings. The standard InChI is InChI=1S/C12H17ClN2O2/c1-3-14-6-7-17-12(16)15-10-5-4-9(2)11(13)8-10/h4-5,8,14H,3,6-7H2,1-2H3,(H,15,16). The van der Waals surface area contributed by atoms with Crippen molar-refractivity contribution >= 4 is 23.4 Å². The number of hydrogen-bond acceptors (Lipinski definition) is 3. The normalized spacial score (nSPS) is 10.1. The van der Waals surface area contributed by atoms with Crippen LogP contribution in [-0.4, -0.2) is 25.8 Å². The second kappa shape index (κ2) is 7.14. The van der Waals surface area contributed by atoms with Gasteiger partial charge in [0.05, 0.1) is 0 Å². The number of anilines is 1. The fraction of sp³-hybridized carbons (Fsp3) is 0.417. The molecule has 0 aliphatic rings. The van der Waals surface area contributed by atoms with Crippen LogP contribution >= 0.6 is 11.6 Å². The fourth-order valence-corrected chi connectivity index (χ4v) is 1.40. The van der Waals surface area contributed by atoms with Crippen molar-refractivity contribution in [3.63, 3.8) is 0 Å². The van der Waals surface area contributed by atoms with Gasteiger partial charge in [-0.3, -0.25) is 5.32 Å². The average molecular weight is 257 g/mol. The Bertz CT molecular complexity index is 383. The van der Waals surface area contributed by atoms with Gasteiger partial charge in [-0.25, -0.2) is 4.79 Å². The topological polar surface area (TPSA) is 50.4 Å². The summed E-state index contributed by atoms with van der Waals surface area (Å²) in [6.07, 6.45) is -0.470. The summed E-state index contributed by atoms with van der Waals surface area (Å²) in [5.41, 5.74) is 1.60. The van der Waals surface area contributed by atoms with Crippen molar-refractivity contribution in [2.75, 3.05) is 25.0 Å². The molecule has 1 amide bonds. The van der Waals surface area contributed by atoms with Gasteiger partial charge in [-0.15, -0.1) is 0 Å². The molecule has 94 valence electrons. The number of benzene rings is 1. The molecule has 2 N–H and O–H groups in total. The van der Waals surface area contributed by atoms with E-state index in [1.807, 2.05) is 19.9 Å². The fourth-order valence-electron chi connectivity index (χ4n) is 1.22. The molecule has 0 radical (unpaired) electrons. The van der Waals surface area contributed by atoms with Crippen LogP contribution in [0.4, 0.5) is 10.5 Å². The van der Waals surface area contributed by atoms with E-state index >= 15 is 0 Å². The molecular weight excluding hydrogens is 240 g/mol. The first-order valence-corrected chi connectivity index (χ1v) is 5.92. The van der Waals surface area contributed by atoms with E-state index in [0.29, 0.717) is 23.9 Å². The monoisotopic (exact) mass is 256 g/mol. The highest BCUT2D eigenvalue weighted by Gasteiger charge is 2.04. The van der Waals surface area contributed by atoms with Gasteiger partial charge in [0.1, 0.15) is 6.61 Å². The highest BCUT2D eigenvalue weighted by Crippen LogP contribution is 2.19. The molecule has 0 bridgehead atoms. The van der Waals surface area contributed by atoms with Gasteiger partial charge in [0.25, 0.3) is 0 Å². The molecule has 0 aliphatic heterocycles. The van der Waals surface area contributed by atoms with Crippen molar-refractivity contribution in [1.29, 1.82) is 0 Å². The summed E-state index contributed by atoms with van der Waals surface area (Å²) in [5, 5.41) is 6.29. The van der Waals surface area contributed by atoms with Crippen LogP contribution in [0.25, 0.3) is 0 Å². The molecule has 0 heterocycles. The van der Waals surface area contributed by atoms with Crippen LogP contribution in [0.2, 0.25) is 5.02 Å². The van der Waals surface area contributed by atoms with Gasteiger partial charge in [-0.2, -0.15) is 0 Å². The van der Waals surface area contributed by atoms with E-state index in [-0.39, 0.29) is 0 Å². The summed E-state index contributed by atoms with van der Waals surface area (Å²) in [6.45, 7) is 5.76. The third kappa shape index (κ3) is 5.06. The molecule has 1 rings (SSSR count). The number of carbonyl (C=O) groups is 1. The molecule has 0 saturated heterocycles. The van der Waals surface area contributed by atoms with E-state index in [2.05, 4.69) is 10.6 Å². The number of hydrogen-bond donors (Lipinski definition) is 2. The first kappa shape index (κ1) is 13.8. The Kier molecular flexibility index (Phi) is 5.80. The van der Waals surface area contributed by atoms with E-state index in [9.17, 15) is 4.79 Å². The molecule has 5 heteroatoms.